The monoisotopic (exact) mass is 292 g/mol. The maximum Gasteiger partial charge on any atom is 0.387 e. The first-order valence-electron chi connectivity index (χ1n) is 6.83. The maximum atomic E-state index is 12.1. The van der Waals surface area contributed by atoms with Gasteiger partial charge in [-0.3, -0.25) is 4.98 Å². The summed E-state index contributed by atoms with van der Waals surface area (Å²) >= 11 is 0. The molecule has 1 atom stereocenters. The van der Waals surface area contributed by atoms with Crippen molar-refractivity contribution in [3.8, 4) is 5.75 Å². The molecular weight excluding hydrogens is 274 g/mol. The van der Waals surface area contributed by atoms with Crippen LogP contribution in [0.1, 0.15) is 24.2 Å². The summed E-state index contributed by atoms with van der Waals surface area (Å²) in [6.45, 7) is 0.0410. The molecule has 0 fully saturated rings. The van der Waals surface area contributed by atoms with Gasteiger partial charge < -0.3 is 10.1 Å². The van der Waals surface area contributed by atoms with Crippen molar-refractivity contribution < 1.29 is 13.5 Å². The number of nitrogens with zero attached hydrogens (tertiary/aromatic N) is 1. The van der Waals surface area contributed by atoms with E-state index in [0.29, 0.717) is 0 Å². The Labute approximate surface area is 123 Å². The minimum atomic E-state index is -2.79. The predicted molar refractivity (Wildman–Crippen MR) is 77.4 cm³/mol. The summed E-state index contributed by atoms with van der Waals surface area (Å²) in [5.74, 6) is 0.175. The van der Waals surface area contributed by atoms with Crippen LogP contribution in [0.2, 0.25) is 0 Å². The van der Waals surface area contributed by atoms with Gasteiger partial charge in [-0.15, -0.1) is 0 Å². The smallest absolute Gasteiger partial charge is 0.387 e. The van der Waals surface area contributed by atoms with Crippen molar-refractivity contribution in [1.29, 1.82) is 0 Å². The summed E-state index contributed by atoms with van der Waals surface area (Å²) in [6.07, 6.45) is 2.62. The van der Waals surface area contributed by atoms with Crippen molar-refractivity contribution in [3.63, 3.8) is 0 Å². The lowest BCUT2D eigenvalue weighted by molar-refractivity contribution is -0.0498. The van der Waals surface area contributed by atoms with Gasteiger partial charge in [0, 0.05) is 30.9 Å². The SMILES string of the molecule is CC(NCCc1ccccn1)c1ccc(OC(F)F)cc1. The summed E-state index contributed by atoms with van der Waals surface area (Å²) in [5.41, 5.74) is 2.07. The first kappa shape index (κ1) is 15.4. The van der Waals surface area contributed by atoms with Crippen molar-refractivity contribution in [2.45, 2.75) is 26.0 Å². The lowest BCUT2D eigenvalue weighted by atomic mass is 10.1. The molecule has 1 heterocycles. The average molecular weight is 292 g/mol. The molecule has 3 nitrogen and oxygen atoms in total. The fraction of sp³-hybridized carbons (Fsp3) is 0.312. The van der Waals surface area contributed by atoms with E-state index in [4.69, 9.17) is 0 Å². The summed E-state index contributed by atoms with van der Waals surface area (Å²) < 4.78 is 28.5. The molecule has 1 aromatic heterocycles. The molecule has 0 aliphatic carbocycles. The number of ether oxygens (including phenoxy) is 1. The van der Waals surface area contributed by atoms with E-state index in [9.17, 15) is 8.78 Å². The highest BCUT2D eigenvalue weighted by atomic mass is 19.3. The minimum absolute atomic E-state index is 0.134. The molecule has 0 bridgehead atoms. The summed E-state index contributed by atoms with van der Waals surface area (Å²) in [4.78, 5) is 4.26. The molecule has 2 rings (SSSR count). The third kappa shape index (κ3) is 5.11. The fourth-order valence-corrected chi connectivity index (χ4v) is 2.02. The molecule has 0 spiro atoms. The largest absolute Gasteiger partial charge is 0.435 e. The van der Waals surface area contributed by atoms with Crippen molar-refractivity contribution in [3.05, 3.63) is 59.9 Å². The number of aromatic nitrogens is 1. The third-order valence-electron chi connectivity index (χ3n) is 3.16. The average Bonchev–Trinajstić information content (AvgIpc) is 2.48. The molecule has 1 unspecified atom stereocenters. The Morgan fingerprint density at radius 1 is 1.14 bits per heavy atom. The molecule has 2 aromatic rings. The molecule has 5 heteroatoms. The normalized spacial score (nSPS) is 12.4. The van der Waals surface area contributed by atoms with Crippen LogP contribution in [0.15, 0.2) is 48.7 Å². The van der Waals surface area contributed by atoms with Gasteiger partial charge in [0.2, 0.25) is 0 Å². The zero-order valence-electron chi connectivity index (χ0n) is 11.8. The van der Waals surface area contributed by atoms with E-state index < -0.39 is 6.61 Å². The van der Waals surface area contributed by atoms with Crippen LogP contribution in [-0.2, 0) is 6.42 Å². The van der Waals surface area contributed by atoms with E-state index in [1.54, 1.807) is 30.5 Å². The predicted octanol–water partition coefficient (Wildman–Crippen LogP) is 3.58. The molecule has 0 saturated heterocycles. The van der Waals surface area contributed by atoms with Crippen LogP contribution in [-0.4, -0.2) is 18.1 Å². The lowest BCUT2D eigenvalue weighted by Gasteiger charge is -2.14. The van der Waals surface area contributed by atoms with Crippen LogP contribution in [0.5, 0.6) is 5.75 Å². The first-order chi connectivity index (χ1) is 10.1. The molecule has 112 valence electrons. The summed E-state index contributed by atoms with van der Waals surface area (Å²) in [6, 6.07) is 12.7. The van der Waals surface area contributed by atoms with Crippen molar-refractivity contribution in [2.24, 2.45) is 0 Å². The van der Waals surface area contributed by atoms with Gasteiger partial charge in [-0.25, -0.2) is 0 Å². The molecule has 0 radical (unpaired) electrons. The minimum Gasteiger partial charge on any atom is -0.435 e. The molecule has 0 saturated carbocycles. The number of hydrogen-bond acceptors (Lipinski definition) is 3. The Kier molecular flexibility index (Phi) is 5.63. The van der Waals surface area contributed by atoms with Gasteiger partial charge in [0.15, 0.2) is 0 Å². The molecule has 0 amide bonds. The van der Waals surface area contributed by atoms with Gasteiger partial charge in [0.1, 0.15) is 5.75 Å². The highest BCUT2D eigenvalue weighted by molar-refractivity contribution is 5.29. The highest BCUT2D eigenvalue weighted by Crippen LogP contribution is 2.19. The van der Waals surface area contributed by atoms with Crippen LogP contribution in [0.25, 0.3) is 0 Å². The van der Waals surface area contributed by atoms with E-state index in [1.165, 1.54) is 0 Å². The number of pyridine rings is 1. The second-order valence-electron chi connectivity index (χ2n) is 4.69. The fourth-order valence-electron chi connectivity index (χ4n) is 2.02. The number of rotatable bonds is 7. The van der Waals surface area contributed by atoms with Crippen LogP contribution >= 0.6 is 0 Å². The van der Waals surface area contributed by atoms with Crippen molar-refractivity contribution in [1.82, 2.24) is 10.3 Å². The molecule has 1 aromatic carbocycles. The Bertz CT molecular complexity index is 532. The standard InChI is InChI=1S/C16H18F2N2O/c1-12(19-11-9-14-4-2-3-10-20-14)13-5-7-15(8-6-13)21-16(17)18/h2-8,10,12,16,19H,9,11H2,1H3. The maximum absolute atomic E-state index is 12.1. The first-order valence-corrected chi connectivity index (χ1v) is 6.83. The van der Waals surface area contributed by atoms with Crippen LogP contribution in [0, 0.1) is 0 Å². The van der Waals surface area contributed by atoms with Gasteiger partial charge in [0.25, 0.3) is 0 Å². The van der Waals surface area contributed by atoms with Gasteiger partial charge in [0.05, 0.1) is 0 Å². The Balaban J connectivity index is 1.81. The molecule has 1 N–H and O–H groups in total. The molecule has 0 aliphatic heterocycles. The van der Waals surface area contributed by atoms with E-state index in [0.717, 1.165) is 24.2 Å². The number of halogens is 2. The lowest BCUT2D eigenvalue weighted by Crippen LogP contribution is -2.21. The van der Waals surface area contributed by atoms with E-state index in [2.05, 4.69) is 15.0 Å². The topological polar surface area (TPSA) is 34.2 Å². The molecule has 21 heavy (non-hydrogen) atoms. The Morgan fingerprint density at radius 3 is 2.52 bits per heavy atom. The summed E-state index contributed by atoms with van der Waals surface area (Å²) in [7, 11) is 0. The van der Waals surface area contributed by atoms with Crippen LogP contribution < -0.4 is 10.1 Å². The second-order valence-corrected chi connectivity index (χ2v) is 4.69. The number of nitrogens with one attached hydrogen (secondary N) is 1. The highest BCUT2D eigenvalue weighted by Gasteiger charge is 2.07. The molecular formula is C16H18F2N2O. The van der Waals surface area contributed by atoms with E-state index >= 15 is 0 Å². The summed E-state index contributed by atoms with van der Waals surface area (Å²) in [5, 5.41) is 3.38. The zero-order valence-corrected chi connectivity index (χ0v) is 11.8. The zero-order chi connectivity index (χ0) is 15.1. The number of hydrogen-bond donors (Lipinski definition) is 1. The van der Waals surface area contributed by atoms with Gasteiger partial charge >= 0.3 is 6.61 Å². The quantitative estimate of drug-likeness (QED) is 0.847. The van der Waals surface area contributed by atoms with Gasteiger partial charge in [-0.1, -0.05) is 18.2 Å². The second kappa shape index (κ2) is 7.69. The van der Waals surface area contributed by atoms with Crippen LogP contribution in [0.4, 0.5) is 8.78 Å². The molecule has 0 aliphatic rings. The number of alkyl halides is 2. The van der Waals surface area contributed by atoms with E-state index in [-0.39, 0.29) is 11.8 Å². The van der Waals surface area contributed by atoms with E-state index in [1.807, 2.05) is 25.1 Å². The van der Waals surface area contributed by atoms with Gasteiger partial charge in [-0.05, 0) is 36.8 Å². The van der Waals surface area contributed by atoms with Gasteiger partial charge in [-0.2, -0.15) is 8.78 Å². The Hall–Kier alpha value is -2.01. The third-order valence-corrected chi connectivity index (χ3v) is 3.16. The Morgan fingerprint density at radius 2 is 1.90 bits per heavy atom. The van der Waals surface area contributed by atoms with Crippen LogP contribution in [0.3, 0.4) is 0 Å². The van der Waals surface area contributed by atoms with Crippen molar-refractivity contribution in [2.75, 3.05) is 6.54 Å². The number of benzene rings is 1. The van der Waals surface area contributed by atoms with Crippen molar-refractivity contribution >= 4 is 0 Å².